The number of imide groups is 1. The number of phenols is 1. The number of carbonyl (C=O) groups is 4. The smallest absolute Gasteiger partial charge is 0.233 e. The van der Waals surface area contributed by atoms with Gasteiger partial charge in [-0.2, -0.15) is 0 Å². The highest BCUT2D eigenvalue weighted by Crippen LogP contribution is 2.56. The minimum Gasteiger partial charge on any atom is -0.504 e. The number of carbonyl (C=O) groups excluding carboxylic acids is 4. The summed E-state index contributed by atoms with van der Waals surface area (Å²) in [5.74, 6) is -3.10. The maximum Gasteiger partial charge on any atom is 0.233 e. The number of allylic oxidation sites excluding steroid dienone is 6. The minimum atomic E-state index is -0.706. The van der Waals surface area contributed by atoms with Crippen molar-refractivity contribution in [3.8, 4) is 11.5 Å². The fourth-order valence-electron chi connectivity index (χ4n) is 5.76. The van der Waals surface area contributed by atoms with Crippen molar-refractivity contribution in [1.82, 2.24) is 4.90 Å². The van der Waals surface area contributed by atoms with E-state index in [9.17, 15) is 24.3 Å². The van der Waals surface area contributed by atoms with Crippen molar-refractivity contribution in [2.45, 2.75) is 25.7 Å². The van der Waals surface area contributed by atoms with Gasteiger partial charge in [0.25, 0.3) is 0 Å². The molecule has 0 aromatic heterocycles. The van der Waals surface area contributed by atoms with Crippen molar-refractivity contribution in [3.63, 3.8) is 0 Å². The number of phenolic OH excluding ortho intramolecular Hbond substituents is 1. The quantitative estimate of drug-likeness (QED) is 0.380. The van der Waals surface area contributed by atoms with E-state index in [1.807, 2.05) is 6.08 Å². The van der Waals surface area contributed by atoms with Gasteiger partial charge in [-0.1, -0.05) is 23.8 Å². The number of hydrogen-bond acceptors (Lipinski definition) is 6. The van der Waals surface area contributed by atoms with Gasteiger partial charge in [-0.3, -0.25) is 24.1 Å². The molecule has 1 aliphatic heterocycles. The molecule has 8 heteroatoms. The fraction of sp³-hybridized carbons (Fsp3) is 0.360. The Morgan fingerprint density at radius 2 is 1.91 bits per heavy atom. The first-order valence-electron chi connectivity index (χ1n) is 10.9. The fourth-order valence-corrected chi connectivity index (χ4v) is 6.21. The molecule has 1 N–H and O–H groups in total. The summed E-state index contributed by atoms with van der Waals surface area (Å²) >= 11 is 3.20. The molecular formula is C25H22BrNO6. The summed E-state index contributed by atoms with van der Waals surface area (Å²) in [6, 6.07) is 5.08. The molecule has 2 amide bonds. The van der Waals surface area contributed by atoms with Gasteiger partial charge in [0.2, 0.25) is 11.8 Å². The van der Waals surface area contributed by atoms with Gasteiger partial charge in [0, 0.05) is 35.8 Å². The molecule has 1 aromatic carbocycles. The van der Waals surface area contributed by atoms with Gasteiger partial charge in [-0.05, 0) is 47.7 Å². The number of para-hydroxylation sites is 1. The molecule has 0 bridgehead atoms. The lowest BCUT2D eigenvalue weighted by molar-refractivity contribution is -0.138. The molecule has 1 fully saturated rings. The molecule has 5 rings (SSSR count). The predicted octanol–water partition coefficient (Wildman–Crippen LogP) is 3.18. The SMILES string of the molecule is CCOc1cccc(C2C3=CCC4C(=O)N(C)C(=O)C4C3CC3=C2C(=O)C=C(Br)C3=O)c1O. The van der Waals surface area contributed by atoms with Crippen molar-refractivity contribution in [2.75, 3.05) is 13.7 Å². The van der Waals surface area contributed by atoms with Crippen LogP contribution < -0.4 is 4.74 Å². The molecule has 0 radical (unpaired) electrons. The van der Waals surface area contributed by atoms with Crippen LogP contribution in [0.3, 0.4) is 0 Å². The zero-order valence-electron chi connectivity index (χ0n) is 18.1. The number of fused-ring (bicyclic) bond motifs is 3. The number of rotatable bonds is 3. The maximum atomic E-state index is 13.2. The van der Waals surface area contributed by atoms with E-state index in [0.29, 0.717) is 29.7 Å². The van der Waals surface area contributed by atoms with E-state index in [1.54, 1.807) is 25.1 Å². The number of ketones is 2. The molecule has 0 saturated carbocycles. The number of likely N-dealkylation sites (tertiary alicyclic amines) is 1. The van der Waals surface area contributed by atoms with Crippen LogP contribution in [-0.4, -0.2) is 47.0 Å². The summed E-state index contributed by atoms with van der Waals surface area (Å²) in [6.45, 7) is 2.15. The van der Waals surface area contributed by atoms with E-state index in [1.165, 1.54) is 18.0 Å². The Labute approximate surface area is 198 Å². The zero-order chi connectivity index (χ0) is 23.6. The van der Waals surface area contributed by atoms with E-state index in [4.69, 9.17) is 4.74 Å². The largest absolute Gasteiger partial charge is 0.504 e. The molecular weight excluding hydrogens is 490 g/mol. The van der Waals surface area contributed by atoms with Gasteiger partial charge in [0.05, 0.1) is 22.9 Å². The molecule has 4 atom stereocenters. The maximum absolute atomic E-state index is 13.2. The summed E-state index contributed by atoms with van der Waals surface area (Å²) in [6.07, 6.45) is 3.76. The van der Waals surface area contributed by atoms with E-state index < -0.39 is 23.7 Å². The average Bonchev–Trinajstić information content (AvgIpc) is 3.02. The van der Waals surface area contributed by atoms with Gasteiger partial charge in [-0.15, -0.1) is 0 Å². The van der Waals surface area contributed by atoms with Crippen LogP contribution in [0.15, 0.2) is 51.6 Å². The highest BCUT2D eigenvalue weighted by molar-refractivity contribution is 9.12. The first kappa shape index (κ1) is 21.8. The van der Waals surface area contributed by atoms with Crippen molar-refractivity contribution in [3.05, 3.63) is 57.1 Å². The second kappa shape index (κ2) is 7.80. The standard InChI is InChI=1S/C25H22BrNO6/c1-3-33-18-6-4-5-12(23(18)30)19-11-7-8-13-20(25(32)27(2)24(13)31)14(11)9-15-21(19)17(28)10-16(26)22(15)29/h4-7,10,13-14,19-20,30H,3,8-9H2,1-2H3. The van der Waals surface area contributed by atoms with Crippen LogP contribution in [-0.2, 0) is 19.2 Å². The zero-order valence-corrected chi connectivity index (χ0v) is 19.7. The third-order valence-electron chi connectivity index (χ3n) is 7.19. The number of halogens is 1. The summed E-state index contributed by atoms with van der Waals surface area (Å²) in [5.41, 5.74) is 1.89. The number of benzene rings is 1. The molecule has 1 heterocycles. The number of hydrogen-bond donors (Lipinski definition) is 1. The van der Waals surface area contributed by atoms with Crippen LogP contribution in [0.5, 0.6) is 11.5 Å². The van der Waals surface area contributed by atoms with Gasteiger partial charge < -0.3 is 9.84 Å². The Balaban J connectivity index is 1.73. The van der Waals surface area contributed by atoms with Gasteiger partial charge in [-0.25, -0.2) is 0 Å². The van der Waals surface area contributed by atoms with Crippen LogP contribution in [0.1, 0.15) is 31.2 Å². The van der Waals surface area contributed by atoms with Crippen LogP contribution >= 0.6 is 15.9 Å². The minimum absolute atomic E-state index is 0.0975. The highest BCUT2D eigenvalue weighted by atomic mass is 79.9. The third kappa shape index (κ3) is 3.07. The first-order valence-corrected chi connectivity index (χ1v) is 11.7. The molecule has 7 nitrogen and oxygen atoms in total. The van der Waals surface area contributed by atoms with Gasteiger partial charge in [0.1, 0.15) is 0 Å². The number of Topliss-reactive ketones (excluding diaryl/α,β-unsaturated/α-hetero) is 1. The number of aromatic hydroxyl groups is 1. The molecule has 4 unspecified atom stereocenters. The lowest BCUT2D eigenvalue weighted by Gasteiger charge is -2.42. The normalized spacial score (nSPS) is 28.9. The first-order chi connectivity index (χ1) is 15.8. The molecule has 1 aromatic rings. The van der Waals surface area contributed by atoms with Crippen molar-refractivity contribution in [1.29, 1.82) is 0 Å². The van der Waals surface area contributed by atoms with Crippen LogP contribution in [0.2, 0.25) is 0 Å². The number of amides is 2. The molecule has 1 saturated heterocycles. The highest BCUT2D eigenvalue weighted by Gasteiger charge is 2.55. The Kier molecular flexibility index (Phi) is 5.16. The van der Waals surface area contributed by atoms with E-state index >= 15 is 0 Å². The Bertz CT molecular complexity index is 1230. The van der Waals surface area contributed by atoms with Crippen LogP contribution in [0.25, 0.3) is 0 Å². The summed E-state index contributed by atoms with van der Waals surface area (Å²) in [5, 5.41) is 11.1. The van der Waals surface area contributed by atoms with E-state index in [2.05, 4.69) is 15.9 Å². The number of ether oxygens (including phenoxy) is 1. The Morgan fingerprint density at radius 1 is 1.15 bits per heavy atom. The molecule has 4 aliphatic rings. The topological polar surface area (TPSA) is 101 Å². The average molecular weight is 512 g/mol. The molecule has 33 heavy (non-hydrogen) atoms. The van der Waals surface area contributed by atoms with Crippen molar-refractivity contribution < 1.29 is 29.0 Å². The molecule has 170 valence electrons. The second-order valence-electron chi connectivity index (χ2n) is 8.76. The second-order valence-corrected chi connectivity index (χ2v) is 9.61. The van der Waals surface area contributed by atoms with Crippen molar-refractivity contribution in [2.24, 2.45) is 17.8 Å². The van der Waals surface area contributed by atoms with Crippen LogP contribution in [0, 0.1) is 17.8 Å². The monoisotopic (exact) mass is 511 g/mol. The van der Waals surface area contributed by atoms with Gasteiger partial charge >= 0.3 is 0 Å². The number of nitrogens with zero attached hydrogens (tertiary/aromatic N) is 1. The lowest BCUT2D eigenvalue weighted by atomic mass is 9.59. The molecule has 0 spiro atoms. The van der Waals surface area contributed by atoms with E-state index in [-0.39, 0.29) is 45.8 Å². The summed E-state index contributed by atoms with van der Waals surface area (Å²) < 4.78 is 5.73. The predicted molar refractivity (Wildman–Crippen MR) is 122 cm³/mol. The summed E-state index contributed by atoms with van der Waals surface area (Å²) in [4.78, 5) is 53.2. The molecule has 3 aliphatic carbocycles. The summed E-state index contributed by atoms with van der Waals surface area (Å²) in [7, 11) is 1.49. The Hall–Kier alpha value is -3.00. The van der Waals surface area contributed by atoms with Crippen LogP contribution in [0.4, 0.5) is 0 Å². The van der Waals surface area contributed by atoms with E-state index in [0.717, 1.165) is 5.57 Å². The van der Waals surface area contributed by atoms with Crippen molar-refractivity contribution >= 4 is 39.3 Å². The third-order valence-corrected chi connectivity index (χ3v) is 7.78. The Morgan fingerprint density at radius 3 is 2.64 bits per heavy atom. The lowest BCUT2D eigenvalue weighted by Crippen LogP contribution is -2.39. The van der Waals surface area contributed by atoms with Gasteiger partial charge in [0.15, 0.2) is 23.1 Å².